The van der Waals surface area contributed by atoms with Crippen LogP contribution in [0.2, 0.25) is 0 Å². The van der Waals surface area contributed by atoms with E-state index in [2.05, 4.69) is 4.98 Å². The van der Waals surface area contributed by atoms with Gasteiger partial charge in [-0.05, 0) is 22.6 Å². The van der Waals surface area contributed by atoms with E-state index in [1.807, 2.05) is 0 Å². The molecule has 0 saturated carbocycles. The Morgan fingerprint density at radius 1 is 1.64 bits per heavy atom. The second-order valence-electron chi connectivity index (χ2n) is 2.32. The second-order valence-corrected chi connectivity index (χ2v) is 3.35. The zero-order chi connectivity index (χ0) is 10.9. The molecule has 0 aromatic carbocycles. The van der Waals surface area contributed by atoms with Gasteiger partial charge in [-0.2, -0.15) is 0 Å². The lowest BCUT2D eigenvalue weighted by Crippen LogP contribution is -2.04. The highest BCUT2D eigenvalue weighted by atomic mass is 127. The van der Waals surface area contributed by atoms with E-state index in [4.69, 9.17) is 5.73 Å². The lowest BCUT2D eigenvalue weighted by Gasteiger charge is -2.04. The van der Waals surface area contributed by atoms with Crippen molar-refractivity contribution in [2.24, 2.45) is 0 Å². The average Bonchev–Trinajstić information content (AvgIpc) is 2.02. The van der Waals surface area contributed by atoms with Crippen LogP contribution in [0, 0.1) is 13.8 Å². The van der Waals surface area contributed by atoms with Crippen LogP contribution in [0.5, 0.6) is 0 Å². The van der Waals surface area contributed by atoms with Gasteiger partial charge in [0, 0.05) is 6.20 Å². The molecule has 0 bridgehead atoms. The smallest absolute Gasteiger partial charge is 0.324 e. The Morgan fingerprint density at radius 3 is 2.64 bits per heavy atom. The number of nitrogen functional groups attached to an aromatic ring is 1. The third kappa shape index (κ3) is 1.89. The molecule has 76 valence electrons. The SMILES string of the molecule is Nc1c(C(F)F)cnc(I)c1[N+](=O)[O-]. The summed E-state index contributed by atoms with van der Waals surface area (Å²) in [6.07, 6.45) is -2.02. The van der Waals surface area contributed by atoms with Crippen molar-refractivity contribution in [2.75, 3.05) is 5.73 Å². The Balaban J connectivity index is 3.41. The van der Waals surface area contributed by atoms with Crippen LogP contribution in [0.15, 0.2) is 6.20 Å². The van der Waals surface area contributed by atoms with Crippen LogP contribution < -0.4 is 5.73 Å². The number of pyridine rings is 1. The Morgan fingerprint density at radius 2 is 2.21 bits per heavy atom. The number of rotatable bonds is 2. The van der Waals surface area contributed by atoms with Crippen molar-refractivity contribution in [1.82, 2.24) is 4.98 Å². The van der Waals surface area contributed by atoms with Crippen molar-refractivity contribution in [2.45, 2.75) is 6.43 Å². The molecule has 0 saturated heterocycles. The normalized spacial score (nSPS) is 10.6. The zero-order valence-corrected chi connectivity index (χ0v) is 8.73. The summed E-state index contributed by atoms with van der Waals surface area (Å²) in [6, 6.07) is 0. The molecule has 1 heterocycles. The first-order valence-corrected chi connectivity index (χ1v) is 4.39. The third-order valence-electron chi connectivity index (χ3n) is 1.50. The van der Waals surface area contributed by atoms with Gasteiger partial charge in [0.15, 0.2) is 3.70 Å². The van der Waals surface area contributed by atoms with Crippen LogP contribution >= 0.6 is 22.6 Å². The van der Waals surface area contributed by atoms with Gasteiger partial charge in [-0.15, -0.1) is 0 Å². The molecule has 0 aliphatic heterocycles. The van der Waals surface area contributed by atoms with Gasteiger partial charge in [-0.25, -0.2) is 13.8 Å². The maximum Gasteiger partial charge on any atom is 0.324 e. The van der Waals surface area contributed by atoms with E-state index in [0.717, 1.165) is 6.20 Å². The molecule has 0 amide bonds. The van der Waals surface area contributed by atoms with Crippen molar-refractivity contribution >= 4 is 34.0 Å². The minimum Gasteiger partial charge on any atom is -0.393 e. The average molecular weight is 315 g/mol. The molecule has 0 radical (unpaired) electrons. The van der Waals surface area contributed by atoms with Crippen LogP contribution in [-0.4, -0.2) is 9.91 Å². The fourth-order valence-electron chi connectivity index (χ4n) is 0.852. The molecule has 5 nitrogen and oxygen atoms in total. The highest BCUT2D eigenvalue weighted by Crippen LogP contribution is 2.33. The van der Waals surface area contributed by atoms with Gasteiger partial charge in [0.05, 0.1) is 10.5 Å². The van der Waals surface area contributed by atoms with Crippen molar-refractivity contribution in [3.63, 3.8) is 0 Å². The molecule has 0 unspecified atom stereocenters. The molecule has 1 aromatic rings. The van der Waals surface area contributed by atoms with E-state index >= 15 is 0 Å². The molecule has 1 rings (SSSR count). The minimum atomic E-state index is -2.86. The molecule has 2 N–H and O–H groups in total. The standard InChI is InChI=1S/C6H4F2IN3O2/c7-5(8)2-1-11-6(9)4(3(2)10)12(13)14/h1,5H,(H2,10,11). The number of nitrogens with zero attached hydrogens (tertiary/aromatic N) is 2. The molecular weight excluding hydrogens is 311 g/mol. The molecule has 0 aliphatic rings. The predicted molar refractivity (Wildman–Crippen MR) is 53.0 cm³/mol. The lowest BCUT2D eigenvalue weighted by molar-refractivity contribution is -0.385. The van der Waals surface area contributed by atoms with Crippen LogP contribution in [0.3, 0.4) is 0 Å². The van der Waals surface area contributed by atoms with Crippen LogP contribution in [0.4, 0.5) is 20.2 Å². The number of nitrogens with two attached hydrogens (primary N) is 1. The van der Waals surface area contributed by atoms with Gasteiger partial charge in [-0.1, -0.05) is 0 Å². The van der Waals surface area contributed by atoms with E-state index in [9.17, 15) is 18.9 Å². The number of alkyl halides is 2. The largest absolute Gasteiger partial charge is 0.393 e. The zero-order valence-electron chi connectivity index (χ0n) is 6.58. The van der Waals surface area contributed by atoms with Crippen molar-refractivity contribution in [1.29, 1.82) is 0 Å². The van der Waals surface area contributed by atoms with Crippen LogP contribution in [0.1, 0.15) is 12.0 Å². The number of nitro groups is 1. The molecule has 0 aliphatic carbocycles. The van der Waals surface area contributed by atoms with Gasteiger partial charge in [0.2, 0.25) is 0 Å². The summed E-state index contributed by atoms with van der Waals surface area (Å²) in [6.45, 7) is 0. The van der Waals surface area contributed by atoms with Crippen LogP contribution in [0.25, 0.3) is 0 Å². The first-order valence-electron chi connectivity index (χ1n) is 3.31. The molecule has 0 atom stereocenters. The fraction of sp³-hybridized carbons (Fsp3) is 0.167. The van der Waals surface area contributed by atoms with E-state index in [1.165, 1.54) is 0 Å². The van der Waals surface area contributed by atoms with Gasteiger partial charge in [-0.3, -0.25) is 10.1 Å². The second kappa shape index (κ2) is 3.98. The maximum atomic E-state index is 12.3. The van der Waals surface area contributed by atoms with Gasteiger partial charge in [0.25, 0.3) is 6.43 Å². The number of hydrogen-bond acceptors (Lipinski definition) is 4. The van der Waals surface area contributed by atoms with Gasteiger partial charge in [0.1, 0.15) is 5.69 Å². The highest BCUT2D eigenvalue weighted by Gasteiger charge is 2.24. The number of anilines is 1. The number of aromatic nitrogens is 1. The van der Waals surface area contributed by atoms with Crippen LogP contribution in [-0.2, 0) is 0 Å². The van der Waals surface area contributed by atoms with Gasteiger partial charge >= 0.3 is 5.69 Å². The summed E-state index contributed by atoms with van der Waals surface area (Å²) in [4.78, 5) is 13.1. The van der Waals surface area contributed by atoms with Gasteiger partial charge < -0.3 is 5.73 Å². The van der Waals surface area contributed by atoms with E-state index < -0.39 is 28.3 Å². The Bertz CT molecular complexity index is 386. The monoisotopic (exact) mass is 315 g/mol. The van der Waals surface area contributed by atoms with E-state index in [-0.39, 0.29) is 3.70 Å². The van der Waals surface area contributed by atoms with E-state index in [0.29, 0.717) is 0 Å². The van der Waals surface area contributed by atoms with Crippen molar-refractivity contribution < 1.29 is 13.7 Å². The molecule has 8 heteroatoms. The van der Waals surface area contributed by atoms with E-state index in [1.54, 1.807) is 22.6 Å². The van der Waals surface area contributed by atoms with Crippen molar-refractivity contribution in [3.05, 3.63) is 25.6 Å². The predicted octanol–water partition coefficient (Wildman–Crippen LogP) is 2.11. The number of halogens is 3. The topological polar surface area (TPSA) is 82.0 Å². The summed E-state index contributed by atoms with van der Waals surface area (Å²) in [7, 11) is 0. The maximum absolute atomic E-state index is 12.3. The first kappa shape index (κ1) is 11.0. The Hall–Kier alpha value is -1.06. The quantitative estimate of drug-likeness (QED) is 0.392. The highest BCUT2D eigenvalue weighted by molar-refractivity contribution is 14.1. The Kier molecular flexibility index (Phi) is 3.13. The molecule has 0 fully saturated rings. The third-order valence-corrected chi connectivity index (χ3v) is 2.29. The lowest BCUT2D eigenvalue weighted by atomic mass is 10.2. The summed E-state index contributed by atoms with van der Waals surface area (Å²) in [5.41, 5.74) is 3.52. The summed E-state index contributed by atoms with van der Waals surface area (Å²) in [5, 5.41) is 10.5. The summed E-state index contributed by atoms with van der Waals surface area (Å²) < 4.78 is 24.5. The Labute approximate surface area is 90.6 Å². The molecular formula is C6H4F2IN3O2. The summed E-state index contributed by atoms with van der Waals surface area (Å²) in [5.74, 6) is 0. The molecule has 0 spiro atoms. The molecule has 1 aromatic heterocycles. The number of hydrogen-bond donors (Lipinski definition) is 1. The molecule has 14 heavy (non-hydrogen) atoms. The minimum absolute atomic E-state index is 0.00509. The summed E-state index contributed by atoms with van der Waals surface area (Å²) >= 11 is 1.56. The first-order chi connectivity index (χ1) is 6.45. The van der Waals surface area contributed by atoms with Crippen molar-refractivity contribution in [3.8, 4) is 0 Å². The fourth-order valence-corrected chi connectivity index (χ4v) is 1.48.